The van der Waals surface area contributed by atoms with Crippen LogP contribution in [0.5, 0.6) is 0 Å². The summed E-state index contributed by atoms with van der Waals surface area (Å²) < 4.78 is 0. The van der Waals surface area contributed by atoms with E-state index in [9.17, 15) is 9.59 Å². The van der Waals surface area contributed by atoms with Gasteiger partial charge in [-0.1, -0.05) is 42.8 Å². The Morgan fingerprint density at radius 3 is 2.68 bits per heavy atom. The smallest absolute Gasteiger partial charge is 0.228 e. The van der Waals surface area contributed by atoms with Crippen molar-refractivity contribution in [1.82, 2.24) is 10.3 Å². The second kappa shape index (κ2) is 4.88. The molecule has 1 heterocycles. The molecule has 22 heavy (non-hydrogen) atoms. The topological polar surface area (TPSA) is 59.1 Å². The molecule has 2 fully saturated rings. The number of Topliss-reactive ketones (excluding diaryl/α,β-unsaturated/α-hetero) is 1. The van der Waals surface area contributed by atoms with Crippen LogP contribution in [0.2, 0.25) is 0 Å². The molecule has 3 unspecified atom stereocenters. The van der Waals surface area contributed by atoms with Crippen molar-refractivity contribution >= 4 is 27.6 Å². The second-order valence-electron chi connectivity index (χ2n) is 7.20. The van der Waals surface area contributed by atoms with Gasteiger partial charge in [-0.3, -0.25) is 14.6 Å². The standard InChI is InChI=1S/C17H21BrN2O2/c1-15(2)16(3)6-7-17(15,12(18)13(16)21)14(22)20-10-11-5-4-8-19-9-11/h4-5,8-9,12H,6-7,10H2,1-3H3,(H,20,22). The summed E-state index contributed by atoms with van der Waals surface area (Å²) in [7, 11) is 0. The van der Waals surface area contributed by atoms with Crippen molar-refractivity contribution in [3.8, 4) is 0 Å². The number of hydrogen-bond donors (Lipinski definition) is 1. The number of rotatable bonds is 3. The lowest BCUT2D eigenvalue weighted by Gasteiger charge is -2.39. The van der Waals surface area contributed by atoms with Crippen LogP contribution >= 0.6 is 15.9 Å². The summed E-state index contributed by atoms with van der Waals surface area (Å²) in [6, 6.07) is 3.78. The number of carbonyl (C=O) groups is 2. The van der Waals surface area contributed by atoms with Gasteiger partial charge in [0.2, 0.25) is 5.91 Å². The predicted molar refractivity (Wildman–Crippen MR) is 87.4 cm³/mol. The van der Waals surface area contributed by atoms with E-state index in [0.717, 1.165) is 18.4 Å². The zero-order valence-electron chi connectivity index (χ0n) is 13.1. The molecule has 0 saturated heterocycles. The number of ketones is 1. The molecule has 1 aromatic rings. The Morgan fingerprint density at radius 2 is 2.14 bits per heavy atom. The van der Waals surface area contributed by atoms with E-state index in [0.29, 0.717) is 6.54 Å². The number of halogens is 1. The van der Waals surface area contributed by atoms with Crippen LogP contribution in [0.4, 0.5) is 0 Å². The largest absolute Gasteiger partial charge is 0.351 e. The molecule has 3 atom stereocenters. The number of nitrogens with one attached hydrogen (secondary N) is 1. The van der Waals surface area contributed by atoms with Gasteiger partial charge in [-0.05, 0) is 29.9 Å². The van der Waals surface area contributed by atoms with Gasteiger partial charge in [-0.15, -0.1) is 0 Å². The molecule has 3 rings (SSSR count). The van der Waals surface area contributed by atoms with E-state index in [-0.39, 0.29) is 17.1 Å². The van der Waals surface area contributed by atoms with Crippen LogP contribution < -0.4 is 5.32 Å². The van der Waals surface area contributed by atoms with E-state index in [4.69, 9.17) is 0 Å². The van der Waals surface area contributed by atoms with Crippen molar-refractivity contribution in [2.75, 3.05) is 0 Å². The number of hydrogen-bond acceptors (Lipinski definition) is 3. The van der Waals surface area contributed by atoms with E-state index < -0.39 is 15.7 Å². The fourth-order valence-corrected chi connectivity index (χ4v) is 5.81. The molecule has 4 nitrogen and oxygen atoms in total. The van der Waals surface area contributed by atoms with Crippen LogP contribution in [-0.4, -0.2) is 21.5 Å². The highest BCUT2D eigenvalue weighted by atomic mass is 79.9. The van der Waals surface area contributed by atoms with E-state index in [1.807, 2.05) is 19.1 Å². The third-order valence-corrected chi connectivity index (χ3v) is 7.50. The molecular formula is C17H21BrN2O2. The van der Waals surface area contributed by atoms with Gasteiger partial charge in [0.25, 0.3) is 0 Å². The van der Waals surface area contributed by atoms with Crippen molar-refractivity contribution in [3.63, 3.8) is 0 Å². The van der Waals surface area contributed by atoms with Crippen LogP contribution in [0.25, 0.3) is 0 Å². The molecule has 1 amide bonds. The lowest BCUT2D eigenvalue weighted by molar-refractivity contribution is -0.136. The van der Waals surface area contributed by atoms with Crippen LogP contribution in [0.3, 0.4) is 0 Å². The Morgan fingerprint density at radius 1 is 1.41 bits per heavy atom. The van der Waals surface area contributed by atoms with Crippen molar-refractivity contribution in [2.24, 2.45) is 16.2 Å². The SMILES string of the molecule is CC12CCC(C(=O)NCc3cccnc3)(C(Br)C1=O)C2(C)C. The average Bonchev–Trinajstić information content (AvgIpc) is 2.78. The van der Waals surface area contributed by atoms with Gasteiger partial charge < -0.3 is 5.32 Å². The normalized spacial score (nSPS) is 35.6. The van der Waals surface area contributed by atoms with Crippen LogP contribution in [0.1, 0.15) is 39.2 Å². The highest BCUT2D eigenvalue weighted by Gasteiger charge is 2.76. The maximum absolute atomic E-state index is 13.0. The first-order valence-electron chi connectivity index (χ1n) is 7.63. The van der Waals surface area contributed by atoms with Crippen molar-refractivity contribution in [3.05, 3.63) is 30.1 Å². The third-order valence-electron chi connectivity index (χ3n) is 6.30. The maximum Gasteiger partial charge on any atom is 0.228 e. The average molecular weight is 365 g/mol. The number of nitrogens with zero attached hydrogens (tertiary/aromatic N) is 1. The third kappa shape index (κ3) is 1.72. The predicted octanol–water partition coefficient (Wildman–Crippen LogP) is 2.86. The lowest BCUT2D eigenvalue weighted by atomic mass is 9.64. The molecule has 0 spiro atoms. The first kappa shape index (κ1) is 15.7. The molecule has 0 aliphatic heterocycles. The molecular weight excluding hydrogens is 344 g/mol. The van der Waals surface area contributed by atoms with Crippen LogP contribution in [-0.2, 0) is 16.1 Å². The molecule has 2 aliphatic carbocycles. The minimum absolute atomic E-state index is 0.0298. The summed E-state index contributed by atoms with van der Waals surface area (Å²) in [6.45, 7) is 6.56. The fraction of sp³-hybridized carbons (Fsp3) is 0.588. The molecule has 0 radical (unpaired) electrons. The molecule has 5 heteroatoms. The zero-order valence-corrected chi connectivity index (χ0v) is 14.7. The number of fused-ring (bicyclic) bond motifs is 2. The second-order valence-corrected chi connectivity index (χ2v) is 8.11. The van der Waals surface area contributed by atoms with Crippen molar-refractivity contribution in [2.45, 2.75) is 45.0 Å². The van der Waals surface area contributed by atoms with Gasteiger partial charge in [-0.2, -0.15) is 0 Å². The van der Waals surface area contributed by atoms with Crippen LogP contribution in [0.15, 0.2) is 24.5 Å². The number of aromatic nitrogens is 1. The molecule has 118 valence electrons. The summed E-state index contributed by atoms with van der Waals surface area (Å²) in [6.07, 6.45) is 4.98. The van der Waals surface area contributed by atoms with Crippen molar-refractivity contribution in [1.29, 1.82) is 0 Å². The zero-order chi connectivity index (χ0) is 16.2. The van der Waals surface area contributed by atoms with E-state index in [1.165, 1.54) is 0 Å². The maximum atomic E-state index is 13.0. The Labute approximate surface area is 139 Å². The first-order valence-corrected chi connectivity index (χ1v) is 8.54. The number of pyridine rings is 1. The van der Waals surface area contributed by atoms with E-state index >= 15 is 0 Å². The molecule has 2 aliphatic rings. The number of alkyl halides is 1. The first-order chi connectivity index (χ1) is 10.3. The van der Waals surface area contributed by atoms with Gasteiger partial charge >= 0.3 is 0 Å². The Kier molecular flexibility index (Phi) is 3.47. The Bertz CT molecular complexity index is 631. The summed E-state index contributed by atoms with van der Waals surface area (Å²) in [5.41, 5.74) is -0.487. The van der Waals surface area contributed by atoms with Gasteiger partial charge in [-0.25, -0.2) is 0 Å². The Balaban J connectivity index is 1.87. The Hall–Kier alpha value is -1.23. The summed E-state index contributed by atoms with van der Waals surface area (Å²) >= 11 is 3.53. The highest BCUT2D eigenvalue weighted by Crippen LogP contribution is 2.72. The molecule has 1 aromatic heterocycles. The fourth-order valence-electron chi connectivity index (χ4n) is 4.30. The van der Waals surface area contributed by atoms with Crippen LogP contribution in [0, 0.1) is 16.2 Å². The van der Waals surface area contributed by atoms with Gasteiger partial charge in [0, 0.05) is 24.4 Å². The summed E-state index contributed by atoms with van der Waals surface area (Å²) in [5.74, 6) is 0.137. The van der Waals surface area contributed by atoms with Crippen molar-refractivity contribution < 1.29 is 9.59 Å². The molecule has 0 aromatic carbocycles. The highest BCUT2D eigenvalue weighted by molar-refractivity contribution is 9.10. The quantitative estimate of drug-likeness (QED) is 0.838. The number of amides is 1. The minimum Gasteiger partial charge on any atom is -0.351 e. The van der Waals surface area contributed by atoms with Gasteiger partial charge in [0.05, 0.1) is 10.2 Å². The summed E-state index contributed by atoms with van der Waals surface area (Å²) in [4.78, 5) is 29.3. The van der Waals surface area contributed by atoms with E-state index in [2.05, 4.69) is 40.1 Å². The lowest BCUT2D eigenvalue weighted by Crippen LogP contribution is -2.50. The minimum atomic E-state index is -0.666. The van der Waals surface area contributed by atoms with Gasteiger partial charge in [0.1, 0.15) is 0 Å². The van der Waals surface area contributed by atoms with E-state index in [1.54, 1.807) is 12.4 Å². The van der Waals surface area contributed by atoms with Gasteiger partial charge in [0.15, 0.2) is 5.78 Å². The molecule has 2 bridgehead atoms. The number of carbonyl (C=O) groups excluding carboxylic acids is 2. The molecule has 1 N–H and O–H groups in total. The summed E-state index contributed by atoms with van der Waals surface area (Å²) in [5, 5.41) is 3.02. The monoisotopic (exact) mass is 364 g/mol. The molecule has 2 saturated carbocycles.